The number of rotatable bonds is 9. The van der Waals surface area contributed by atoms with Crippen LogP contribution < -0.4 is 25.4 Å². The van der Waals surface area contributed by atoms with Gasteiger partial charge in [0.15, 0.2) is 11.5 Å². The number of carbonyl (C=O) groups is 3. The van der Waals surface area contributed by atoms with Gasteiger partial charge in [0, 0.05) is 98.7 Å². The van der Waals surface area contributed by atoms with E-state index < -0.39 is 0 Å². The highest BCUT2D eigenvalue weighted by molar-refractivity contribution is 5.94. The van der Waals surface area contributed by atoms with Crippen molar-refractivity contribution in [1.29, 1.82) is 0 Å². The van der Waals surface area contributed by atoms with E-state index >= 15 is 0 Å². The van der Waals surface area contributed by atoms with Crippen LogP contribution in [0.15, 0.2) is 174 Å². The van der Waals surface area contributed by atoms with E-state index in [0.29, 0.717) is 39.3 Å². The second kappa shape index (κ2) is 25.2. The largest absolute Gasteiger partial charge is 0.472 e. The number of anilines is 3. The fourth-order valence-electron chi connectivity index (χ4n) is 10.5. The average Bonchev–Trinajstić information content (AvgIpc) is 4.39. The second-order valence-electron chi connectivity index (χ2n) is 20.9. The molecule has 7 aliphatic heterocycles. The summed E-state index contributed by atoms with van der Waals surface area (Å²) in [4.78, 5) is 56.4. The first-order chi connectivity index (χ1) is 40.0. The molecule has 6 aromatic rings. The van der Waals surface area contributed by atoms with Crippen molar-refractivity contribution in [3.05, 3.63) is 216 Å². The molecule has 0 saturated heterocycles. The van der Waals surface area contributed by atoms with Gasteiger partial charge in [0.25, 0.3) is 0 Å². The predicted molar refractivity (Wildman–Crippen MR) is 321 cm³/mol. The third-order valence-electron chi connectivity index (χ3n) is 15.2. The van der Waals surface area contributed by atoms with Gasteiger partial charge in [0.05, 0.1) is 18.8 Å². The maximum Gasteiger partial charge on any atom is 0.246 e. The van der Waals surface area contributed by atoms with Gasteiger partial charge in [-0.05, 0) is 180 Å². The number of carbonyl (C=O) groups excluding carboxylic acids is 3. The van der Waals surface area contributed by atoms with Crippen molar-refractivity contribution in [2.75, 3.05) is 62.0 Å². The SMILES string of the molecule is C=C1CCc2cc(/C=C/C(=O)N3CC=C(c4ccc5c(c4)OCO5)CC3)cnc2N1.C=C1CCc2cc(/C=C/C(=O)N3CC=C(c4ccco4)CC3)cnc2N1.C=C1CCc2cc(/C=C/C(=O)N3CC=C(c4ccoc4)CC3)cnc2N1. The van der Waals surface area contributed by atoms with Crippen LogP contribution in [0.1, 0.15) is 88.8 Å². The quantitative estimate of drug-likeness (QED) is 0.117. The summed E-state index contributed by atoms with van der Waals surface area (Å²) >= 11 is 0. The molecule has 12 heterocycles. The zero-order valence-corrected chi connectivity index (χ0v) is 45.8. The van der Waals surface area contributed by atoms with Crippen molar-refractivity contribution in [1.82, 2.24) is 29.7 Å². The van der Waals surface area contributed by atoms with Crippen LogP contribution >= 0.6 is 0 Å². The zero-order chi connectivity index (χ0) is 56.4. The summed E-state index contributed by atoms with van der Waals surface area (Å²) in [7, 11) is 0. The third kappa shape index (κ3) is 13.5. The van der Waals surface area contributed by atoms with Gasteiger partial charge >= 0.3 is 0 Å². The minimum absolute atomic E-state index is 0.0141. The Balaban J connectivity index is 0.000000130. The van der Waals surface area contributed by atoms with E-state index in [0.717, 1.165) is 160 Å². The molecule has 3 N–H and O–H groups in total. The van der Waals surface area contributed by atoms with Gasteiger partial charge in [-0.2, -0.15) is 0 Å². The number of furan rings is 2. The summed E-state index contributed by atoms with van der Waals surface area (Å²) in [6, 6.07) is 18.0. The van der Waals surface area contributed by atoms with E-state index in [-0.39, 0.29) is 24.5 Å². The minimum Gasteiger partial charge on any atom is -0.472 e. The molecule has 0 fully saturated rings. The Morgan fingerprint density at radius 1 is 0.500 bits per heavy atom. The molecule has 7 aliphatic rings. The number of aryl methyl sites for hydroxylation is 3. The molecule has 0 radical (unpaired) electrons. The number of allylic oxidation sites excluding steroid dienone is 3. The molecule has 82 heavy (non-hydrogen) atoms. The highest BCUT2D eigenvalue weighted by Gasteiger charge is 2.22. The number of amides is 3. The maximum absolute atomic E-state index is 12.6. The number of nitrogens with one attached hydrogen (secondary N) is 3. The Labute approximate surface area is 477 Å². The van der Waals surface area contributed by atoms with Crippen LogP contribution in [-0.2, 0) is 33.6 Å². The maximum atomic E-state index is 12.6. The van der Waals surface area contributed by atoms with E-state index in [1.165, 1.54) is 11.1 Å². The molecule has 1 aromatic carbocycles. The highest BCUT2D eigenvalue weighted by atomic mass is 16.7. The fraction of sp³-hybridized carbons (Fsp3) is 0.242. The summed E-state index contributed by atoms with van der Waals surface area (Å²) in [5.74, 6) is 5.13. The summed E-state index contributed by atoms with van der Waals surface area (Å²) in [6.45, 7) is 16.1. The van der Waals surface area contributed by atoms with Crippen LogP contribution in [0.3, 0.4) is 0 Å². The number of nitrogens with zero attached hydrogens (tertiary/aromatic N) is 6. The van der Waals surface area contributed by atoms with Crippen LogP contribution in [0.2, 0.25) is 0 Å². The molecule has 0 aliphatic carbocycles. The van der Waals surface area contributed by atoms with Crippen molar-refractivity contribution in [2.24, 2.45) is 0 Å². The Hall–Kier alpha value is -9.70. The molecular weight excluding hydrogens is 1030 g/mol. The number of ether oxygens (including phenoxy) is 2. The lowest BCUT2D eigenvalue weighted by molar-refractivity contribution is -0.126. The summed E-state index contributed by atoms with van der Waals surface area (Å²) in [5, 5.41) is 9.61. The topological polar surface area (TPSA) is 180 Å². The summed E-state index contributed by atoms with van der Waals surface area (Å²) in [5.41, 5.74) is 15.1. The average molecular weight is 1100 g/mol. The number of hydrogen-bond donors (Lipinski definition) is 3. The van der Waals surface area contributed by atoms with Gasteiger partial charge in [-0.25, -0.2) is 15.0 Å². The lowest BCUT2D eigenvalue weighted by Crippen LogP contribution is -2.33. The molecule has 0 saturated carbocycles. The first-order valence-corrected chi connectivity index (χ1v) is 27.8. The van der Waals surface area contributed by atoms with Gasteiger partial charge < -0.3 is 49.0 Å². The minimum atomic E-state index is 0.0141. The van der Waals surface area contributed by atoms with E-state index in [2.05, 4.69) is 87.1 Å². The predicted octanol–water partition coefficient (Wildman–Crippen LogP) is 11.8. The molecule has 0 unspecified atom stereocenters. The molecule has 3 amide bonds. The smallest absolute Gasteiger partial charge is 0.246 e. The van der Waals surface area contributed by atoms with Gasteiger partial charge in [0.2, 0.25) is 24.5 Å². The molecular formula is C66H65N9O7. The van der Waals surface area contributed by atoms with Crippen LogP contribution in [0, 0.1) is 0 Å². The number of hydrogen-bond acceptors (Lipinski definition) is 13. The summed E-state index contributed by atoms with van der Waals surface area (Å²) in [6.07, 6.45) is 35.1. The Bertz CT molecular complexity index is 3470. The molecule has 5 aromatic heterocycles. The zero-order valence-electron chi connectivity index (χ0n) is 45.8. The van der Waals surface area contributed by atoms with Crippen molar-refractivity contribution < 1.29 is 32.7 Å². The summed E-state index contributed by atoms with van der Waals surface area (Å²) < 4.78 is 21.4. The van der Waals surface area contributed by atoms with Gasteiger partial charge in [-0.3, -0.25) is 14.4 Å². The van der Waals surface area contributed by atoms with Crippen LogP contribution in [0.25, 0.3) is 34.9 Å². The first kappa shape index (κ1) is 54.3. The number of fused-ring (bicyclic) bond motifs is 4. The molecule has 416 valence electrons. The van der Waals surface area contributed by atoms with Crippen LogP contribution in [-0.4, -0.2) is 93.4 Å². The van der Waals surface area contributed by atoms with E-state index in [9.17, 15) is 14.4 Å². The number of benzene rings is 1. The Morgan fingerprint density at radius 2 is 0.963 bits per heavy atom. The number of pyridine rings is 3. The lowest BCUT2D eigenvalue weighted by atomic mass is 9.99. The van der Waals surface area contributed by atoms with Gasteiger partial charge in [0.1, 0.15) is 23.2 Å². The Kier molecular flexibility index (Phi) is 16.7. The van der Waals surface area contributed by atoms with Gasteiger partial charge in [-0.1, -0.05) is 44.0 Å². The first-order valence-electron chi connectivity index (χ1n) is 27.8. The molecule has 13 rings (SSSR count). The van der Waals surface area contributed by atoms with Crippen molar-refractivity contribution >= 4 is 70.1 Å². The molecule has 16 nitrogen and oxygen atoms in total. The highest BCUT2D eigenvalue weighted by Crippen LogP contribution is 2.36. The second-order valence-corrected chi connectivity index (χ2v) is 20.9. The third-order valence-corrected chi connectivity index (χ3v) is 15.2. The normalized spacial score (nSPS) is 17.2. The molecule has 0 atom stereocenters. The number of aromatic nitrogens is 3. The lowest BCUT2D eigenvalue weighted by Gasteiger charge is -2.25. The monoisotopic (exact) mass is 1100 g/mol. The Morgan fingerprint density at radius 3 is 1.39 bits per heavy atom. The molecule has 0 spiro atoms. The van der Waals surface area contributed by atoms with E-state index in [4.69, 9.17) is 18.3 Å². The molecule has 16 heteroatoms. The fourth-order valence-corrected chi connectivity index (χ4v) is 10.5. The standard InChI is InChI=1S/C24H23N3O3.2C21H21N3O2/c1-16-2-4-20-12-17(14-25-24(20)26-16)3-7-23(28)27-10-8-18(9-11-27)19-5-6-21-22(13-19)30-15-29-21;1-15-2-4-18-12-16(13-22-21(18)23-15)3-5-20(25)24-9-6-17(7-10-24)19-8-11-26-14-19;1-15-4-6-18-13-16(14-22-21(18)23-15)5-7-20(25)24-10-8-17(9-11-24)19-3-2-12-26-19/h3,5-8,12-14H,1-2,4,9-11,15H2,(H,25,26);3,5-6,8,11-14H,1-2,4,7,9-10H2,(H,22,23);2-3,5,7-8,12-14H,1,4,6,9-11H2,(H,22,23)/b7-3+;5-3+;7-5+. The van der Waals surface area contributed by atoms with Crippen molar-refractivity contribution in [2.45, 2.75) is 57.8 Å². The van der Waals surface area contributed by atoms with Crippen LogP contribution in [0.4, 0.5) is 17.5 Å². The van der Waals surface area contributed by atoms with E-state index in [1.807, 2.05) is 69.3 Å². The van der Waals surface area contributed by atoms with E-state index in [1.54, 1.807) is 55.6 Å². The van der Waals surface area contributed by atoms with Gasteiger partial charge in [-0.15, -0.1) is 0 Å². The van der Waals surface area contributed by atoms with Crippen LogP contribution in [0.5, 0.6) is 11.5 Å². The van der Waals surface area contributed by atoms with Crippen molar-refractivity contribution in [3.8, 4) is 11.5 Å². The molecule has 0 bridgehead atoms. The van der Waals surface area contributed by atoms with Crippen molar-refractivity contribution in [3.63, 3.8) is 0 Å².